The molecule has 1 aliphatic rings. The van der Waals surface area contributed by atoms with Gasteiger partial charge in [-0.2, -0.15) is 0 Å². The van der Waals surface area contributed by atoms with Gasteiger partial charge in [0.15, 0.2) is 0 Å². The molecule has 20 heavy (non-hydrogen) atoms. The highest BCUT2D eigenvalue weighted by atomic mass is 79.9. The second-order valence-corrected chi connectivity index (χ2v) is 6.65. The van der Waals surface area contributed by atoms with Gasteiger partial charge in [0.05, 0.1) is 4.47 Å². The molecule has 1 aliphatic carbocycles. The molecule has 0 aromatic heterocycles. The molecule has 1 saturated carbocycles. The molecular formula is C15H21BrN2O2. The number of likely N-dealkylation sites (N-methyl/N-ethyl adjacent to an activating group) is 2. The van der Waals surface area contributed by atoms with Crippen LogP contribution < -0.4 is 0 Å². The topological polar surface area (TPSA) is 43.8 Å². The summed E-state index contributed by atoms with van der Waals surface area (Å²) >= 11 is 3.22. The molecule has 0 spiro atoms. The summed E-state index contributed by atoms with van der Waals surface area (Å²) in [5.41, 5.74) is 0.628. The van der Waals surface area contributed by atoms with Crippen LogP contribution in [0.4, 0.5) is 0 Å². The van der Waals surface area contributed by atoms with Gasteiger partial charge in [0.25, 0.3) is 5.91 Å². The fraction of sp³-hybridized carbons (Fsp3) is 0.533. The Kier molecular flexibility index (Phi) is 4.39. The molecule has 4 nitrogen and oxygen atoms in total. The first-order chi connectivity index (χ1) is 9.35. The molecule has 0 bridgehead atoms. The zero-order valence-corrected chi connectivity index (χ0v) is 13.8. The van der Waals surface area contributed by atoms with E-state index < -0.39 is 0 Å². The van der Waals surface area contributed by atoms with Crippen molar-refractivity contribution in [2.24, 2.45) is 0 Å². The molecule has 110 valence electrons. The third-order valence-electron chi connectivity index (χ3n) is 4.30. The maximum atomic E-state index is 12.4. The van der Waals surface area contributed by atoms with Crippen LogP contribution in [0.5, 0.6) is 5.75 Å². The average Bonchev–Trinajstić information content (AvgIpc) is 2.35. The molecule has 0 saturated heterocycles. The van der Waals surface area contributed by atoms with E-state index in [2.05, 4.69) is 34.9 Å². The zero-order chi connectivity index (χ0) is 14.9. The van der Waals surface area contributed by atoms with E-state index >= 15 is 0 Å². The standard InChI is InChI=1S/C15H21BrN2O2/c1-17(2)15(7-4-8-15)10-18(3)14(20)11-5-6-12(16)13(19)9-11/h5-6,9,19H,4,7-8,10H2,1-3H3. The number of nitrogens with zero attached hydrogens (tertiary/aromatic N) is 2. The highest BCUT2D eigenvalue weighted by Gasteiger charge is 2.40. The second kappa shape index (κ2) is 5.74. The Morgan fingerprint density at radius 1 is 1.35 bits per heavy atom. The van der Waals surface area contributed by atoms with Crippen LogP contribution in [0.3, 0.4) is 0 Å². The molecular weight excluding hydrogens is 320 g/mol. The fourth-order valence-electron chi connectivity index (χ4n) is 2.71. The van der Waals surface area contributed by atoms with Crippen molar-refractivity contribution in [1.29, 1.82) is 0 Å². The SMILES string of the molecule is CN(CC1(N(C)C)CCC1)C(=O)c1ccc(Br)c(O)c1. The first-order valence-corrected chi connectivity index (χ1v) is 7.56. The Balaban J connectivity index is 2.10. The van der Waals surface area contributed by atoms with Gasteiger partial charge in [0.2, 0.25) is 0 Å². The minimum Gasteiger partial charge on any atom is -0.507 e. The lowest BCUT2D eigenvalue weighted by Crippen LogP contribution is -2.57. The first kappa shape index (κ1) is 15.3. The van der Waals surface area contributed by atoms with E-state index in [-0.39, 0.29) is 17.2 Å². The third-order valence-corrected chi connectivity index (χ3v) is 4.97. The number of halogens is 1. The van der Waals surface area contributed by atoms with Crippen molar-refractivity contribution >= 4 is 21.8 Å². The van der Waals surface area contributed by atoms with Crippen molar-refractivity contribution in [1.82, 2.24) is 9.80 Å². The molecule has 1 aromatic carbocycles. The molecule has 2 rings (SSSR count). The quantitative estimate of drug-likeness (QED) is 0.916. The Labute approximate surface area is 128 Å². The molecule has 0 aliphatic heterocycles. The van der Waals surface area contributed by atoms with Gasteiger partial charge < -0.3 is 14.9 Å². The number of carbonyl (C=O) groups excluding carboxylic acids is 1. The minimum absolute atomic E-state index is 0.0547. The number of amides is 1. The van der Waals surface area contributed by atoms with E-state index in [4.69, 9.17) is 0 Å². The van der Waals surface area contributed by atoms with Gasteiger partial charge >= 0.3 is 0 Å². The van der Waals surface area contributed by atoms with Crippen molar-refractivity contribution in [3.8, 4) is 5.75 Å². The summed E-state index contributed by atoms with van der Waals surface area (Å²) in [5, 5.41) is 9.68. The Morgan fingerprint density at radius 2 is 2.00 bits per heavy atom. The molecule has 0 atom stereocenters. The molecule has 1 N–H and O–H groups in total. The number of carbonyl (C=O) groups is 1. The van der Waals surface area contributed by atoms with Gasteiger partial charge in [-0.3, -0.25) is 4.79 Å². The first-order valence-electron chi connectivity index (χ1n) is 6.77. The lowest BCUT2D eigenvalue weighted by molar-refractivity contribution is 0.0252. The van der Waals surface area contributed by atoms with Crippen molar-refractivity contribution in [2.45, 2.75) is 24.8 Å². The summed E-state index contributed by atoms with van der Waals surface area (Å²) in [6.45, 7) is 0.718. The summed E-state index contributed by atoms with van der Waals surface area (Å²) in [6, 6.07) is 4.93. The lowest BCUT2D eigenvalue weighted by atomic mass is 9.75. The maximum Gasteiger partial charge on any atom is 0.253 e. The van der Waals surface area contributed by atoms with Crippen LogP contribution in [-0.4, -0.2) is 54.0 Å². The predicted octanol–water partition coefficient (Wildman–Crippen LogP) is 2.71. The Bertz CT molecular complexity index is 513. The van der Waals surface area contributed by atoms with E-state index in [1.54, 1.807) is 17.0 Å². The molecule has 5 heteroatoms. The number of phenolic OH excluding ortho intramolecular Hbond substituents is 1. The average molecular weight is 341 g/mol. The summed E-state index contributed by atoms with van der Waals surface area (Å²) in [4.78, 5) is 16.4. The van der Waals surface area contributed by atoms with E-state index in [1.165, 1.54) is 12.5 Å². The number of aromatic hydroxyl groups is 1. The summed E-state index contributed by atoms with van der Waals surface area (Å²) in [7, 11) is 5.97. The van der Waals surface area contributed by atoms with Crippen LogP contribution in [-0.2, 0) is 0 Å². The molecule has 1 fully saturated rings. The van der Waals surface area contributed by atoms with Crippen LogP contribution in [0.15, 0.2) is 22.7 Å². The fourth-order valence-corrected chi connectivity index (χ4v) is 2.96. The molecule has 0 unspecified atom stereocenters. The monoisotopic (exact) mass is 340 g/mol. The van der Waals surface area contributed by atoms with Crippen LogP contribution in [0.25, 0.3) is 0 Å². The molecule has 1 aromatic rings. The number of hydrogen-bond donors (Lipinski definition) is 1. The summed E-state index contributed by atoms with van der Waals surface area (Å²) in [6.07, 6.45) is 3.48. The molecule has 1 amide bonds. The Hall–Kier alpha value is -1.07. The van der Waals surface area contributed by atoms with Gasteiger partial charge in [-0.05, 0) is 67.5 Å². The van der Waals surface area contributed by atoms with E-state index in [0.717, 1.165) is 19.4 Å². The second-order valence-electron chi connectivity index (χ2n) is 5.80. The van der Waals surface area contributed by atoms with Gasteiger partial charge in [0.1, 0.15) is 5.75 Å². The normalized spacial score (nSPS) is 16.9. The van der Waals surface area contributed by atoms with Gasteiger partial charge in [-0.15, -0.1) is 0 Å². The van der Waals surface area contributed by atoms with Gasteiger partial charge in [-0.1, -0.05) is 0 Å². The number of hydrogen-bond acceptors (Lipinski definition) is 3. The van der Waals surface area contributed by atoms with Crippen molar-refractivity contribution < 1.29 is 9.90 Å². The third kappa shape index (κ3) is 2.83. The molecule has 0 radical (unpaired) electrons. The maximum absolute atomic E-state index is 12.4. The van der Waals surface area contributed by atoms with Crippen molar-refractivity contribution in [2.75, 3.05) is 27.7 Å². The largest absolute Gasteiger partial charge is 0.507 e. The smallest absolute Gasteiger partial charge is 0.253 e. The molecule has 0 heterocycles. The van der Waals surface area contributed by atoms with Crippen molar-refractivity contribution in [3.05, 3.63) is 28.2 Å². The van der Waals surface area contributed by atoms with E-state index in [1.807, 2.05) is 7.05 Å². The van der Waals surface area contributed by atoms with E-state index in [0.29, 0.717) is 10.0 Å². The number of phenols is 1. The van der Waals surface area contributed by atoms with Crippen LogP contribution in [0, 0.1) is 0 Å². The summed E-state index contributed by atoms with van der Waals surface area (Å²) < 4.78 is 0.598. The minimum atomic E-state index is -0.0547. The Morgan fingerprint density at radius 3 is 2.45 bits per heavy atom. The van der Waals surface area contributed by atoms with E-state index in [9.17, 15) is 9.90 Å². The zero-order valence-electron chi connectivity index (χ0n) is 12.2. The highest BCUT2D eigenvalue weighted by Crippen LogP contribution is 2.37. The number of benzene rings is 1. The lowest BCUT2D eigenvalue weighted by Gasteiger charge is -2.49. The summed E-state index contributed by atoms with van der Waals surface area (Å²) in [5.74, 6) is 0.0381. The van der Waals surface area contributed by atoms with Crippen molar-refractivity contribution in [3.63, 3.8) is 0 Å². The predicted molar refractivity (Wildman–Crippen MR) is 83.0 cm³/mol. The number of rotatable bonds is 4. The van der Waals surface area contributed by atoms with Crippen LogP contribution >= 0.6 is 15.9 Å². The highest BCUT2D eigenvalue weighted by molar-refractivity contribution is 9.10. The van der Waals surface area contributed by atoms with Crippen LogP contribution in [0.1, 0.15) is 29.6 Å². The van der Waals surface area contributed by atoms with Crippen LogP contribution in [0.2, 0.25) is 0 Å². The van der Waals surface area contributed by atoms with Gasteiger partial charge in [0, 0.05) is 24.7 Å². The van der Waals surface area contributed by atoms with Gasteiger partial charge in [-0.25, -0.2) is 0 Å².